The van der Waals surface area contributed by atoms with Crippen LogP contribution in [0.2, 0.25) is 0 Å². The number of carbonyl (C=O) groups excluding carboxylic acids is 1. The molecule has 1 amide bonds. The molecule has 160 valence electrons. The first-order valence-electron chi connectivity index (χ1n) is 10.8. The second kappa shape index (κ2) is 8.71. The molecule has 0 atom stereocenters. The highest BCUT2D eigenvalue weighted by Gasteiger charge is 2.24. The van der Waals surface area contributed by atoms with Gasteiger partial charge in [-0.1, -0.05) is 30.3 Å². The van der Waals surface area contributed by atoms with E-state index in [1.165, 1.54) is 19.8 Å². The number of nitrogens with two attached hydrogens (primary N) is 1. The maximum atomic E-state index is 11.9. The first-order valence-corrected chi connectivity index (χ1v) is 10.8. The summed E-state index contributed by atoms with van der Waals surface area (Å²) in [6, 6.07) is 10.00. The molecule has 0 unspecified atom stereocenters. The molecule has 7 heteroatoms. The number of aliphatic imine (C=N–C) groups is 1. The van der Waals surface area contributed by atoms with E-state index in [0.29, 0.717) is 22.9 Å². The fourth-order valence-electron chi connectivity index (χ4n) is 3.94. The number of carbonyl (C=O) groups is 1. The Bertz CT molecular complexity index is 1110. The summed E-state index contributed by atoms with van der Waals surface area (Å²) < 4.78 is 4.12. The Hall–Kier alpha value is -3.48. The minimum absolute atomic E-state index is 0.0961. The van der Waals surface area contributed by atoms with Gasteiger partial charge in [-0.05, 0) is 19.9 Å². The molecule has 1 aliphatic heterocycles. The SMILES string of the molecule is CC(=O)NC1=CC(=[N+]2CCCC2)C=C/C1=N\c1c(-c2ccccc2)nn(C(C)C)c1N. The van der Waals surface area contributed by atoms with E-state index in [0.717, 1.165) is 30.1 Å². The molecule has 1 fully saturated rings. The van der Waals surface area contributed by atoms with E-state index in [4.69, 9.17) is 15.8 Å². The van der Waals surface area contributed by atoms with Gasteiger partial charge in [-0.15, -0.1) is 0 Å². The third-order valence-corrected chi connectivity index (χ3v) is 5.45. The van der Waals surface area contributed by atoms with Crippen molar-refractivity contribution in [2.24, 2.45) is 4.99 Å². The Morgan fingerprint density at radius 2 is 1.90 bits per heavy atom. The minimum atomic E-state index is -0.135. The Balaban J connectivity index is 1.83. The molecule has 0 bridgehead atoms. The standard InChI is InChI=1S/C24H28N6O/c1-16(2)30-24(25)23(22(28-30)18-9-5-4-6-10-18)27-20-12-11-19(29-13-7-8-14-29)15-21(20)26-17(3)31/h4-6,9-12,15-16H,7-8,13-14H2,1-3H3,(H2,25,26,28,31)/p+1. The normalized spacial score (nSPS) is 17.5. The smallest absolute Gasteiger partial charge is 0.221 e. The zero-order chi connectivity index (χ0) is 22.0. The van der Waals surface area contributed by atoms with Crippen molar-refractivity contribution in [3.05, 3.63) is 54.3 Å². The molecule has 0 saturated carbocycles. The van der Waals surface area contributed by atoms with Crippen LogP contribution in [-0.4, -0.2) is 44.8 Å². The van der Waals surface area contributed by atoms with Gasteiger partial charge in [0.15, 0.2) is 0 Å². The molecule has 2 aliphatic rings. The van der Waals surface area contributed by atoms with Crippen molar-refractivity contribution in [3.63, 3.8) is 0 Å². The van der Waals surface area contributed by atoms with Gasteiger partial charge in [-0.2, -0.15) is 5.10 Å². The van der Waals surface area contributed by atoms with Crippen LogP contribution in [0.15, 0.2) is 59.2 Å². The van der Waals surface area contributed by atoms with Crippen molar-refractivity contribution in [2.45, 2.75) is 39.7 Å². The van der Waals surface area contributed by atoms with Crippen molar-refractivity contribution in [1.29, 1.82) is 0 Å². The van der Waals surface area contributed by atoms with Crippen LogP contribution in [0.1, 0.15) is 39.7 Å². The van der Waals surface area contributed by atoms with Crippen LogP contribution in [0.3, 0.4) is 0 Å². The number of nitrogens with zero attached hydrogens (tertiary/aromatic N) is 4. The number of hydrogen-bond donors (Lipinski definition) is 2. The number of aromatic nitrogens is 2. The zero-order valence-corrected chi connectivity index (χ0v) is 18.3. The van der Waals surface area contributed by atoms with Crippen LogP contribution in [0.25, 0.3) is 11.3 Å². The van der Waals surface area contributed by atoms with Gasteiger partial charge in [0.25, 0.3) is 0 Å². The number of nitrogens with one attached hydrogen (secondary N) is 1. The summed E-state index contributed by atoms with van der Waals surface area (Å²) in [5.41, 5.74) is 11.2. The van der Waals surface area contributed by atoms with Crippen molar-refractivity contribution < 1.29 is 9.37 Å². The summed E-state index contributed by atoms with van der Waals surface area (Å²) >= 11 is 0. The van der Waals surface area contributed by atoms with Crippen molar-refractivity contribution in [2.75, 3.05) is 18.8 Å². The highest BCUT2D eigenvalue weighted by atomic mass is 16.1. The van der Waals surface area contributed by atoms with Crippen molar-refractivity contribution >= 4 is 28.8 Å². The summed E-state index contributed by atoms with van der Waals surface area (Å²) in [7, 11) is 0. The van der Waals surface area contributed by atoms with Crippen LogP contribution in [0.4, 0.5) is 11.5 Å². The van der Waals surface area contributed by atoms with E-state index >= 15 is 0 Å². The fraction of sp³-hybridized carbons (Fsp3) is 0.333. The number of rotatable bonds is 4. The second-order valence-electron chi connectivity index (χ2n) is 8.18. The molecule has 0 radical (unpaired) electrons. The van der Waals surface area contributed by atoms with E-state index in [9.17, 15) is 4.79 Å². The lowest BCUT2D eigenvalue weighted by Crippen LogP contribution is -2.28. The predicted molar refractivity (Wildman–Crippen MR) is 125 cm³/mol. The highest BCUT2D eigenvalue weighted by molar-refractivity contribution is 6.21. The van der Waals surface area contributed by atoms with Gasteiger partial charge in [0.1, 0.15) is 30.3 Å². The first kappa shape index (κ1) is 20.8. The molecule has 1 aliphatic carbocycles. The van der Waals surface area contributed by atoms with Crippen LogP contribution < -0.4 is 11.1 Å². The highest BCUT2D eigenvalue weighted by Crippen LogP contribution is 2.37. The number of allylic oxidation sites excluding steroid dienone is 3. The molecule has 7 nitrogen and oxygen atoms in total. The Kier molecular flexibility index (Phi) is 5.84. The molecular formula is C24H29N6O+. The van der Waals surface area contributed by atoms with Gasteiger partial charge in [0.2, 0.25) is 11.6 Å². The second-order valence-corrected chi connectivity index (χ2v) is 8.18. The van der Waals surface area contributed by atoms with Gasteiger partial charge in [0, 0.05) is 43.5 Å². The van der Waals surface area contributed by atoms with Crippen LogP contribution in [0.5, 0.6) is 0 Å². The average Bonchev–Trinajstić information content (AvgIpc) is 3.39. The lowest BCUT2D eigenvalue weighted by atomic mass is 10.1. The van der Waals surface area contributed by atoms with Gasteiger partial charge in [-0.25, -0.2) is 14.2 Å². The van der Waals surface area contributed by atoms with Gasteiger partial charge >= 0.3 is 0 Å². The lowest BCUT2D eigenvalue weighted by molar-refractivity contribution is -0.504. The minimum Gasteiger partial charge on any atom is -0.382 e. The van der Waals surface area contributed by atoms with E-state index in [1.807, 2.05) is 56.3 Å². The molecule has 2 heterocycles. The lowest BCUT2D eigenvalue weighted by Gasteiger charge is -2.13. The molecule has 2 aromatic rings. The summed E-state index contributed by atoms with van der Waals surface area (Å²) in [6.07, 6.45) is 8.37. The molecule has 1 saturated heterocycles. The van der Waals surface area contributed by atoms with Crippen LogP contribution in [-0.2, 0) is 4.79 Å². The maximum absolute atomic E-state index is 11.9. The van der Waals surface area contributed by atoms with E-state index in [2.05, 4.69) is 16.0 Å². The molecule has 31 heavy (non-hydrogen) atoms. The molecule has 3 N–H and O–H groups in total. The van der Waals surface area contributed by atoms with E-state index in [1.54, 1.807) is 4.68 Å². The van der Waals surface area contributed by atoms with Gasteiger partial charge < -0.3 is 11.1 Å². The van der Waals surface area contributed by atoms with Gasteiger partial charge in [0.05, 0.1) is 11.4 Å². The number of benzene rings is 1. The van der Waals surface area contributed by atoms with E-state index in [-0.39, 0.29) is 11.9 Å². The van der Waals surface area contributed by atoms with Crippen molar-refractivity contribution in [1.82, 2.24) is 15.1 Å². The van der Waals surface area contributed by atoms with Gasteiger partial charge in [-0.3, -0.25) is 4.79 Å². The number of nitrogen functional groups attached to an aromatic ring is 1. The quantitative estimate of drug-likeness (QED) is 0.588. The van der Waals surface area contributed by atoms with E-state index < -0.39 is 0 Å². The van der Waals surface area contributed by atoms with Crippen LogP contribution >= 0.6 is 0 Å². The predicted octanol–water partition coefficient (Wildman–Crippen LogP) is 3.62. The summed E-state index contributed by atoms with van der Waals surface area (Å²) in [4.78, 5) is 16.8. The third-order valence-electron chi connectivity index (χ3n) is 5.45. The monoisotopic (exact) mass is 417 g/mol. The summed E-state index contributed by atoms with van der Waals surface area (Å²) in [5.74, 6) is 0.371. The maximum Gasteiger partial charge on any atom is 0.221 e. The number of anilines is 1. The molecule has 1 aromatic carbocycles. The number of amides is 1. The Labute approximate surface area is 182 Å². The fourth-order valence-corrected chi connectivity index (χ4v) is 3.94. The third kappa shape index (κ3) is 4.35. The molecule has 4 rings (SSSR count). The average molecular weight is 418 g/mol. The Morgan fingerprint density at radius 1 is 1.19 bits per heavy atom. The molecule has 1 aromatic heterocycles. The first-order chi connectivity index (χ1) is 14.9. The summed E-state index contributed by atoms with van der Waals surface area (Å²) in [5, 5.41) is 7.69. The van der Waals surface area contributed by atoms with Crippen LogP contribution in [0, 0.1) is 0 Å². The largest absolute Gasteiger partial charge is 0.382 e. The molecule has 0 spiro atoms. The molecular weight excluding hydrogens is 388 g/mol. The number of hydrogen-bond acceptors (Lipinski definition) is 4. The van der Waals surface area contributed by atoms with Crippen molar-refractivity contribution in [3.8, 4) is 11.3 Å². The summed E-state index contributed by atoms with van der Waals surface area (Å²) in [6.45, 7) is 7.64. The topological polar surface area (TPSA) is 88.3 Å². The Morgan fingerprint density at radius 3 is 2.55 bits per heavy atom. The zero-order valence-electron chi connectivity index (χ0n) is 18.3.